The molecule has 2 heterocycles. The van der Waals surface area contributed by atoms with E-state index < -0.39 is 5.97 Å². The van der Waals surface area contributed by atoms with Gasteiger partial charge in [0, 0.05) is 10.9 Å². The van der Waals surface area contributed by atoms with Crippen LogP contribution in [0, 0.1) is 0 Å². The molecule has 24 heavy (non-hydrogen) atoms. The van der Waals surface area contributed by atoms with Crippen LogP contribution in [0.15, 0.2) is 53.9 Å². The fourth-order valence-corrected chi connectivity index (χ4v) is 3.09. The zero-order chi connectivity index (χ0) is 16.5. The molecule has 0 aliphatic rings. The van der Waals surface area contributed by atoms with Gasteiger partial charge in [-0.25, -0.2) is 14.8 Å². The Morgan fingerprint density at radius 1 is 1.12 bits per heavy atom. The predicted molar refractivity (Wildman–Crippen MR) is 93.9 cm³/mol. The van der Waals surface area contributed by atoms with E-state index in [2.05, 4.69) is 20.3 Å². The molecule has 2 aromatic heterocycles. The van der Waals surface area contributed by atoms with Crippen molar-refractivity contribution in [1.29, 1.82) is 0 Å². The molecule has 0 radical (unpaired) electrons. The minimum absolute atomic E-state index is 0.221. The molecule has 0 aliphatic heterocycles. The molecule has 3 N–H and O–H groups in total. The maximum atomic E-state index is 11.0. The number of thiazole rings is 1. The molecule has 7 heteroatoms. The van der Waals surface area contributed by atoms with Gasteiger partial charge in [0.1, 0.15) is 0 Å². The molecule has 0 saturated heterocycles. The Labute approximate surface area is 140 Å². The van der Waals surface area contributed by atoms with Gasteiger partial charge in [0.05, 0.1) is 22.3 Å². The summed E-state index contributed by atoms with van der Waals surface area (Å²) in [6.07, 6.45) is 0. The smallest absolute Gasteiger partial charge is 0.335 e. The van der Waals surface area contributed by atoms with Crippen molar-refractivity contribution in [1.82, 2.24) is 15.0 Å². The topological polar surface area (TPSA) is 90.9 Å². The van der Waals surface area contributed by atoms with Crippen molar-refractivity contribution in [3.05, 3.63) is 59.5 Å². The summed E-state index contributed by atoms with van der Waals surface area (Å²) in [5.74, 6) is -0.435. The highest BCUT2D eigenvalue weighted by atomic mass is 32.1. The van der Waals surface area contributed by atoms with Crippen LogP contribution < -0.4 is 5.32 Å². The highest BCUT2D eigenvalue weighted by molar-refractivity contribution is 7.14. The summed E-state index contributed by atoms with van der Waals surface area (Å²) in [4.78, 5) is 23.0. The number of aromatic carboxylic acids is 1. The van der Waals surface area contributed by atoms with Crippen LogP contribution in [0.4, 0.5) is 11.1 Å². The molecule has 0 unspecified atom stereocenters. The summed E-state index contributed by atoms with van der Waals surface area (Å²) in [7, 11) is 0. The Hall–Kier alpha value is -3.19. The number of carbonyl (C=O) groups is 1. The van der Waals surface area contributed by atoms with Gasteiger partial charge in [-0.1, -0.05) is 30.3 Å². The second-order valence-electron chi connectivity index (χ2n) is 5.15. The summed E-state index contributed by atoms with van der Waals surface area (Å²) in [6, 6.07) is 14.7. The van der Waals surface area contributed by atoms with Gasteiger partial charge in [-0.3, -0.25) is 0 Å². The second-order valence-corrected chi connectivity index (χ2v) is 6.01. The first-order chi connectivity index (χ1) is 11.7. The number of nitrogens with one attached hydrogen (secondary N) is 2. The van der Waals surface area contributed by atoms with Crippen LogP contribution in [0.5, 0.6) is 0 Å². The van der Waals surface area contributed by atoms with E-state index in [0.29, 0.717) is 22.1 Å². The van der Waals surface area contributed by atoms with Crippen LogP contribution in [0.1, 0.15) is 10.4 Å². The Morgan fingerprint density at radius 2 is 1.96 bits per heavy atom. The third-order valence-electron chi connectivity index (χ3n) is 3.53. The normalized spacial score (nSPS) is 10.8. The molecular formula is C17H12N4O2S. The lowest BCUT2D eigenvalue weighted by Gasteiger charge is -1.97. The molecule has 118 valence electrons. The van der Waals surface area contributed by atoms with Crippen molar-refractivity contribution in [2.24, 2.45) is 0 Å². The van der Waals surface area contributed by atoms with Gasteiger partial charge in [-0.15, -0.1) is 11.3 Å². The van der Waals surface area contributed by atoms with Crippen LogP contribution >= 0.6 is 11.3 Å². The highest BCUT2D eigenvalue weighted by Gasteiger charge is 2.09. The largest absolute Gasteiger partial charge is 0.478 e. The first-order valence-corrected chi connectivity index (χ1v) is 8.08. The second kappa shape index (κ2) is 5.78. The highest BCUT2D eigenvalue weighted by Crippen LogP contribution is 2.27. The zero-order valence-corrected chi connectivity index (χ0v) is 13.2. The van der Waals surface area contributed by atoms with E-state index >= 15 is 0 Å². The van der Waals surface area contributed by atoms with Gasteiger partial charge in [0.15, 0.2) is 5.13 Å². The number of carboxylic acid groups (broad SMARTS) is 1. The summed E-state index contributed by atoms with van der Waals surface area (Å²) in [6.45, 7) is 0. The van der Waals surface area contributed by atoms with Gasteiger partial charge in [-0.05, 0) is 18.2 Å². The number of anilines is 2. The molecule has 4 aromatic rings. The summed E-state index contributed by atoms with van der Waals surface area (Å²) < 4.78 is 0. The molecule has 0 aliphatic carbocycles. The number of nitrogens with zero attached hydrogens (tertiary/aromatic N) is 2. The lowest BCUT2D eigenvalue weighted by Crippen LogP contribution is -1.94. The molecule has 0 saturated carbocycles. The molecule has 0 bridgehead atoms. The number of benzene rings is 2. The number of hydrogen-bond acceptors (Lipinski definition) is 5. The number of fused-ring (bicyclic) bond motifs is 1. The predicted octanol–water partition coefficient (Wildman–Crippen LogP) is 4.13. The molecule has 4 rings (SSSR count). The van der Waals surface area contributed by atoms with Crippen molar-refractivity contribution in [3.8, 4) is 11.3 Å². The van der Waals surface area contributed by atoms with Crippen molar-refractivity contribution < 1.29 is 9.90 Å². The van der Waals surface area contributed by atoms with E-state index in [1.54, 1.807) is 12.1 Å². The number of rotatable bonds is 4. The third-order valence-corrected chi connectivity index (χ3v) is 4.29. The van der Waals surface area contributed by atoms with Crippen molar-refractivity contribution in [2.75, 3.05) is 5.32 Å². The quantitative estimate of drug-likeness (QED) is 0.521. The molecule has 0 spiro atoms. The van der Waals surface area contributed by atoms with Gasteiger partial charge in [0.25, 0.3) is 0 Å². The molecule has 0 atom stereocenters. The maximum absolute atomic E-state index is 11.0. The number of H-pyrrole nitrogens is 1. The van der Waals surface area contributed by atoms with E-state index in [0.717, 1.165) is 11.3 Å². The average Bonchev–Trinajstić information content (AvgIpc) is 3.21. The van der Waals surface area contributed by atoms with Crippen LogP contribution in [-0.2, 0) is 0 Å². The number of aromatic amines is 1. The lowest BCUT2D eigenvalue weighted by atomic mass is 10.2. The molecule has 2 aromatic carbocycles. The molecular weight excluding hydrogens is 324 g/mol. The Kier molecular flexibility index (Phi) is 3.47. The summed E-state index contributed by atoms with van der Waals surface area (Å²) in [5.41, 5.74) is 3.53. The Bertz CT molecular complexity index is 1020. The number of hydrogen-bond donors (Lipinski definition) is 3. The van der Waals surface area contributed by atoms with Gasteiger partial charge in [0.2, 0.25) is 5.95 Å². The summed E-state index contributed by atoms with van der Waals surface area (Å²) >= 11 is 1.48. The number of aromatic nitrogens is 3. The van der Waals surface area contributed by atoms with Crippen LogP contribution in [0.25, 0.3) is 22.3 Å². The minimum atomic E-state index is -0.964. The van der Waals surface area contributed by atoms with Crippen molar-refractivity contribution in [3.63, 3.8) is 0 Å². The maximum Gasteiger partial charge on any atom is 0.335 e. The Balaban J connectivity index is 1.60. The monoisotopic (exact) mass is 336 g/mol. The van der Waals surface area contributed by atoms with Crippen LogP contribution in [0.3, 0.4) is 0 Å². The first kappa shape index (κ1) is 14.4. The van der Waals surface area contributed by atoms with Crippen LogP contribution in [0.2, 0.25) is 0 Å². The van der Waals surface area contributed by atoms with Gasteiger partial charge >= 0.3 is 5.97 Å². The molecule has 0 amide bonds. The lowest BCUT2D eigenvalue weighted by molar-refractivity contribution is 0.0697. The van der Waals surface area contributed by atoms with E-state index in [9.17, 15) is 4.79 Å². The molecule has 0 fully saturated rings. The zero-order valence-electron chi connectivity index (χ0n) is 12.4. The number of imidazole rings is 1. The van der Waals surface area contributed by atoms with E-state index in [1.165, 1.54) is 17.4 Å². The average molecular weight is 336 g/mol. The Morgan fingerprint density at radius 3 is 2.75 bits per heavy atom. The van der Waals surface area contributed by atoms with Crippen molar-refractivity contribution >= 4 is 39.4 Å². The summed E-state index contributed by atoms with van der Waals surface area (Å²) in [5, 5.41) is 14.9. The fourth-order valence-electron chi connectivity index (χ4n) is 2.38. The first-order valence-electron chi connectivity index (χ1n) is 7.20. The minimum Gasteiger partial charge on any atom is -0.478 e. The SMILES string of the molecule is O=C(O)c1ccc2nc(Nc3nc(-c4ccccc4)cs3)[nH]c2c1. The standard InChI is InChI=1S/C17H12N4O2S/c22-15(23)11-6-7-12-13(8-11)19-16(18-12)21-17-20-14(9-24-17)10-4-2-1-3-5-10/h1-9H,(H,22,23)(H2,18,19,20,21). The van der Waals surface area contributed by atoms with Crippen LogP contribution in [-0.4, -0.2) is 26.0 Å². The van der Waals surface area contributed by atoms with E-state index in [1.807, 2.05) is 35.7 Å². The van der Waals surface area contributed by atoms with Gasteiger partial charge in [-0.2, -0.15) is 0 Å². The van der Waals surface area contributed by atoms with Gasteiger partial charge < -0.3 is 15.4 Å². The fraction of sp³-hybridized carbons (Fsp3) is 0. The molecule has 6 nitrogen and oxygen atoms in total. The van der Waals surface area contributed by atoms with E-state index in [-0.39, 0.29) is 5.56 Å². The van der Waals surface area contributed by atoms with Crippen molar-refractivity contribution in [2.45, 2.75) is 0 Å². The number of carboxylic acids is 1. The third kappa shape index (κ3) is 2.72. The van der Waals surface area contributed by atoms with E-state index in [4.69, 9.17) is 5.11 Å².